The van der Waals surface area contributed by atoms with Crippen LogP contribution < -0.4 is 0 Å². The zero-order valence-electron chi connectivity index (χ0n) is 11.7. The summed E-state index contributed by atoms with van der Waals surface area (Å²) in [6.07, 6.45) is 8.00. The van der Waals surface area contributed by atoms with Crippen LogP contribution >= 0.6 is 0 Å². The van der Waals surface area contributed by atoms with Crippen LogP contribution in [-0.4, -0.2) is 30.8 Å². The summed E-state index contributed by atoms with van der Waals surface area (Å²) in [5.74, 6) is -0.990. The fourth-order valence-corrected chi connectivity index (χ4v) is 1.51. The molecule has 3 aromatic rings. The predicted molar refractivity (Wildman–Crippen MR) is 76.5 cm³/mol. The van der Waals surface area contributed by atoms with E-state index in [0.29, 0.717) is 0 Å². The molecule has 3 aromatic heterocycles. The molecule has 0 saturated heterocycles. The molecule has 3 heterocycles. The average Bonchev–Trinajstić information content (AvgIpc) is 2.96. The zero-order chi connectivity index (χ0) is 15.1. The first-order valence-electron chi connectivity index (χ1n) is 6.14. The summed E-state index contributed by atoms with van der Waals surface area (Å²) in [5, 5.41) is 12.3. The first-order valence-corrected chi connectivity index (χ1v) is 6.14. The molecular formula is C15H13IrN4O2-. The van der Waals surface area contributed by atoms with E-state index in [0.717, 1.165) is 11.3 Å². The molecule has 0 aliphatic heterocycles. The summed E-state index contributed by atoms with van der Waals surface area (Å²) in [6, 6.07) is 10.5. The second-order valence-corrected chi connectivity index (χ2v) is 4.03. The van der Waals surface area contributed by atoms with E-state index in [9.17, 15) is 4.79 Å². The van der Waals surface area contributed by atoms with Crippen molar-refractivity contribution >= 4 is 5.97 Å². The fourth-order valence-electron chi connectivity index (χ4n) is 1.51. The molecule has 0 aliphatic carbocycles. The van der Waals surface area contributed by atoms with Gasteiger partial charge in [-0.3, -0.25) is 5.10 Å². The summed E-state index contributed by atoms with van der Waals surface area (Å²) < 4.78 is 1.64. The normalized spacial score (nSPS) is 9.14. The van der Waals surface area contributed by atoms with Crippen LogP contribution in [0.25, 0.3) is 11.3 Å². The summed E-state index contributed by atoms with van der Waals surface area (Å²) in [5.41, 5.74) is 1.92. The van der Waals surface area contributed by atoms with Crippen molar-refractivity contribution in [3.8, 4) is 11.3 Å². The minimum atomic E-state index is -0.990. The Morgan fingerprint density at radius 3 is 2.23 bits per heavy atom. The van der Waals surface area contributed by atoms with Gasteiger partial charge in [0.15, 0.2) is 0 Å². The Morgan fingerprint density at radius 2 is 1.82 bits per heavy atom. The number of carboxylic acid groups (broad SMARTS) is 1. The quantitative estimate of drug-likeness (QED) is 0.577. The Bertz CT molecular complexity index is 702. The molecule has 115 valence electrons. The van der Waals surface area contributed by atoms with E-state index < -0.39 is 5.97 Å². The van der Waals surface area contributed by atoms with Gasteiger partial charge in [-0.15, -0.1) is 5.56 Å². The third-order valence-electron chi connectivity index (χ3n) is 2.47. The van der Waals surface area contributed by atoms with E-state index in [1.165, 1.54) is 12.3 Å². The maximum Gasteiger partial charge on any atom is 0.354 e. The van der Waals surface area contributed by atoms with Crippen molar-refractivity contribution in [2.75, 3.05) is 0 Å². The van der Waals surface area contributed by atoms with Gasteiger partial charge in [-0.1, -0.05) is 30.6 Å². The van der Waals surface area contributed by atoms with Crippen LogP contribution in [0.1, 0.15) is 10.5 Å². The van der Waals surface area contributed by atoms with Crippen molar-refractivity contribution in [2.24, 2.45) is 7.05 Å². The predicted octanol–water partition coefficient (Wildman–Crippen LogP) is 2.06. The monoisotopic (exact) mass is 474 g/mol. The van der Waals surface area contributed by atoms with Crippen molar-refractivity contribution in [2.45, 2.75) is 0 Å². The molecule has 6 nitrogen and oxygen atoms in total. The molecule has 0 amide bonds. The van der Waals surface area contributed by atoms with Crippen LogP contribution in [-0.2, 0) is 27.2 Å². The number of carboxylic acids is 1. The molecule has 0 spiro atoms. The van der Waals surface area contributed by atoms with Crippen molar-refractivity contribution in [3.05, 3.63) is 66.9 Å². The minimum absolute atomic E-state index is 0. The van der Waals surface area contributed by atoms with Crippen molar-refractivity contribution in [1.82, 2.24) is 19.7 Å². The van der Waals surface area contributed by atoms with Gasteiger partial charge in [0.2, 0.25) is 0 Å². The number of nitrogens with zero attached hydrogens (tertiary/aromatic N) is 4. The number of aryl methyl sites for hydroxylation is 1. The van der Waals surface area contributed by atoms with Crippen molar-refractivity contribution < 1.29 is 30.0 Å². The van der Waals surface area contributed by atoms with E-state index in [4.69, 9.17) is 5.11 Å². The largest absolute Gasteiger partial charge is 0.477 e. The van der Waals surface area contributed by atoms with Gasteiger partial charge in [0, 0.05) is 39.5 Å². The number of hydrogen-bond acceptors (Lipinski definition) is 4. The van der Waals surface area contributed by atoms with Gasteiger partial charge < -0.3 is 14.8 Å². The topological polar surface area (TPSA) is 80.9 Å². The number of carbonyl (C=O) groups is 1. The fraction of sp³-hybridized carbons (Fsp3) is 0.0667. The first-order chi connectivity index (χ1) is 10.2. The SMILES string of the molecule is Cn1[c-]c(-c2ccccn2)cn1.O=C(O)c1ccccn1.[Ir]. The van der Waals surface area contributed by atoms with Crippen LogP contribution in [0, 0.1) is 6.20 Å². The van der Waals surface area contributed by atoms with Gasteiger partial charge in [-0.25, -0.2) is 9.78 Å². The van der Waals surface area contributed by atoms with Gasteiger partial charge >= 0.3 is 5.97 Å². The van der Waals surface area contributed by atoms with Gasteiger partial charge in [0.1, 0.15) is 5.69 Å². The number of pyridine rings is 2. The van der Waals surface area contributed by atoms with Crippen LogP contribution in [0.3, 0.4) is 0 Å². The van der Waals surface area contributed by atoms with Crippen LogP contribution in [0.15, 0.2) is 55.0 Å². The Kier molecular flexibility index (Phi) is 7.08. The number of aromatic carboxylic acids is 1. The Morgan fingerprint density at radius 1 is 1.14 bits per heavy atom. The Hall–Kier alpha value is -2.37. The summed E-state index contributed by atoms with van der Waals surface area (Å²) in [7, 11) is 1.84. The Balaban J connectivity index is 0.000000219. The van der Waals surface area contributed by atoms with E-state index in [1.807, 2.05) is 25.2 Å². The molecule has 0 unspecified atom stereocenters. The first kappa shape index (κ1) is 17.7. The van der Waals surface area contributed by atoms with Gasteiger partial charge in [0.25, 0.3) is 0 Å². The molecule has 7 heteroatoms. The van der Waals surface area contributed by atoms with Gasteiger partial charge in [0.05, 0.1) is 0 Å². The summed E-state index contributed by atoms with van der Waals surface area (Å²) >= 11 is 0. The second kappa shape index (κ2) is 8.81. The van der Waals surface area contributed by atoms with Crippen LogP contribution in [0.5, 0.6) is 0 Å². The Labute approximate surface area is 141 Å². The molecule has 0 aromatic carbocycles. The van der Waals surface area contributed by atoms with Gasteiger partial charge in [-0.2, -0.15) is 0 Å². The van der Waals surface area contributed by atoms with E-state index >= 15 is 0 Å². The maximum atomic E-state index is 10.1. The standard InChI is InChI=1S/C9H8N3.C6H5NO2.Ir/c1-12-7-8(6-11-12)9-4-2-3-5-10-9;8-6(9)5-3-1-2-4-7-5;/h2-6H,1H3;1-4H,(H,8,9);/q-1;;. The smallest absolute Gasteiger partial charge is 0.354 e. The van der Waals surface area contributed by atoms with E-state index in [2.05, 4.69) is 21.3 Å². The van der Waals surface area contributed by atoms with Crippen molar-refractivity contribution in [3.63, 3.8) is 0 Å². The molecule has 3 rings (SSSR count). The molecule has 0 fully saturated rings. The van der Waals surface area contributed by atoms with E-state index in [-0.39, 0.29) is 25.8 Å². The maximum absolute atomic E-state index is 10.1. The second-order valence-electron chi connectivity index (χ2n) is 4.03. The third-order valence-corrected chi connectivity index (χ3v) is 2.47. The third kappa shape index (κ3) is 5.20. The molecule has 0 aliphatic rings. The summed E-state index contributed by atoms with van der Waals surface area (Å²) in [4.78, 5) is 17.9. The number of hydrogen-bond donors (Lipinski definition) is 1. The van der Waals surface area contributed by atoms with Crippen molar-refractivity contribution in [1.29, 1.82) is 0 Å². The van der Waals surface area contributed by atoms with Crippen LogP contribution in [0.4, 0.5) is 0 Å². The summed E-state index contributed by atoms with van der Waals surface area (Å²) in [6.45, 7) is 0. The number of rotatable bonds is 2. The molecule has 0 saturated carbocycles. The molecule has 1 N–H and O–H groups in total. The minimum Gasteiger partial charge on any atom is -0.477 e. The molecule has 0 atom stereocenters. The molecule has 22 heavy (non-hydrogen) atoms. The molecule has 0 bridgehead atoms. The molecular weight excluding hydrogens is 460 g/mol. The van der Waals surface area contributed by atoms with E-state index in [1.54, 1.807) is 29.2 Å². The van der Waals surface area contributed by atoms with Gasteiger partial charge in [-0.05, 0) is 23.9 Å². The average molecular weight is 474 g/mol. The van der Waals surface area contributed by atoms with Crippen LogP contribution in [0.2, 0.25) is 0 Å². The number of aromatic nitrogens is 4. The zero-order valence-corrected chi connectivity index (χ0v) is 14.1. The molecule has 1 radical (unpaired) electrons.